The lowest BCUT2D eigenvalue weighted by Crippen LogP contribution is -2.33. The van der Waals surface area contributed by atoms with Gasteiger partial charge in [-0.3, -0.25) is 0 Å². The van der Waals surface area contributed by atoms with Crippen LogP contribution in [0.25, 0.3) is 0 Å². The highest BCUT2D eigenvalue weighted by Gasteiger charge is 2.38. The van der Waals surface area contributed by atoms with E-state index < -0.39 is 0 Å². The lowest BCUT2D eigenvalue weighted by atomic mass is 9.61. The van der Waals surface area contributed by atoms with Crippen molar-refractivity contribution in [1.82, 2.24) is 0 Å². The molecule has 2 unspecified atom stereocenters. The van der Waals surface area contributed by atoms with Crippen molar-refractivity contribution >= 4 is 0 Å². The molecule has 0 saturated heterocycles. The standard InChI is InChI=1S/C20H37F/c1-15(2)17(21)19(6,7)12-13-20(8)11-9-10-16(14-20)18(3,4)5/h16H,9-14H2,1-8H3. The second kappa shape index (κ2) is 6.42. The fourth-order valence-corrected chi connectivity index (χ4v) is 3.94. The molecule has 0 bridgehead atoms. The Balaban J connectivity index is 2.71. The molecule has 0 radical (unpaired) electrons. The van der Waals surface area contributed by atoms with Crippen LogP contribution in [0.3, 0.4) is 0 Å². The van der Waals surface area contributed by atoms with Gasteiger partial charge in [0.2, 0.25) is 0 Å². The summed E-state index contributed by atoms with van der Waals surface area (Å²) < 4.78 is 14.3. The monoisotopic (exact) mass is 296 g/mol. The van der Waals surface area contributed by atoms with E-state index >= 15 is 0 Å². The summed E-state index contributed by atoms with van der Waals surface area (Å²) >= 11 is 0. The Morgan fingerprint density at radius 1 is 1.14 bits per heavy atom. The molecular weight excluding hydrogens is 259 g/mol. The van der Waals surface area contributed by atoms with Crippen molar-refractivity contribution in [1.29, 1.82) is 0 Å². The molecule has 0 spiro atoms. The van der Waals surface area contributed by atoms with Gasteiger partial charge >= 0.3 is 0 Å². The van der Waals surface area contributed by atoms with Crippen LogP contribution in [0.1, 0.15) is 93.9 Å². The maximum atomic E-state index is 14.3. The van der Waals surface area contributed by atoms with Crippen LogP contribution in [0.15, 0.2) is 11.4 Å². The smallest absolute Gasteiger partial charge is 0.104 e. The first-order valence-electron chi connectivity index (χ1n) is 8.71. The molecule has 0 heterocycles. The SMILES string of the molecule is CC(C)=C(F)C(C)(C)CCC1(C)CCCC(C(C)(C)C)C1. The Kier molecular flexibility index (Phi) is 5.73. The molecule has 1 aliphatic carbocycles. The lowest BCUT2D eigenvalue weighted by molar-refractivity contribution is 0.0676. The van der Waals surface area contributed by atoms with Gasteiger partial charge < -0.3 is 0 Å². The average Bonchev–Trinajstić information content (AvgIpc) is 2.35. The molecule has 0 aliphatic heterocycles. The predicted octanol–water partition coefficient (Wildman–Crippen LogP) is 7.30. The molecule has 2 atom stereocenters. The van der Waals surface area contributed by atoms with Gasteiger partial charge in [-0.05, 0) is 68.3 Å². The maximum absolute atomic E-state index is 14.3. The Bertz CT molecular complexity index is 379. The van der Waals surface area contributed by atoms with E-state index in [1.54, 1.807) is 0 Å². The van der Waals surface area contributed by atoms with Gasteiger partial charge in [0.1, 0.15) is 5.83 Å². The summed E-state index contributed by atoms with van der Waals surface area (Å²) in [6.07, 6.45) is 7.43. The van der Waals surface area contributed by atoms with E-state index in [0.29, 0.717) is 10.8 Å². The average molecular weight is 297 g/mol. The van der Waals surface area contributed by atoms with E-state index in [1.807, 2.05) is 13.8 Å². The van der Waals surface area contributed by atoms with Crippen LogP contribution in [-0.2, 0) is 0 Å². The van der Waals surface area contributed by atoms with Gasteiger partial charge in [-0.1, -0.05) is 48.0 Å². The Morgan fingerprint density at radius 2 is 1.71 bits per heavy atom. The second-order valence-corrected chi connectivity index (χ2v) is 9.67. The molecule has 1 fully saturated rings. The molecule has 1 aliphatic rings. The molecule has 0 amide bonds. The zero-order valence-corrected chi connectivity index (χ0v) is 15.7. The van der Waals surface area contributed by atoms with Gasteiger partial charge in [0.15, 0.2) is 0 Å². The fraction of sp³-hybridized carbons (Fsp3) is 0.900. The fourth-order valence-electron chi connectivity index (χ4n) is 3.94. The highest BCUT2D eigenvalue weighted by atomic mass is 19.1. The first kappa shape index (κ1) is 18.7. The molecular formula is C20H37F. The molecule has 0 nitrogen and oxygen atoms in total. The molecule has 0 N–H and O–H groups in total. The van der Waals surface area contributed by atoms with E-state index in [4.69, 9.17) is 0 Å². The maximum Gasteiger partial charge on any atom is 0.104 e. The number of rotatable bonds is 4. The second-order valence-electron chi connectivity index (χ2n) is 9.67. The van der Waals surface area contributed by atoms with Gasteiger partial charge in [-0.2, -0.15) is 0 Å². The Hall–Kier alpha value is -0.330. The molecule has 1 rings (SSSR count). The Labute approximate surface area is 132 Å². The van der Waals surface area contributed by atoms with Gasteiger partial charge in [0.05, 0.1) is 0 Å². The van der Waals surface area contributed by atoms with E-state index in [-0.39, 0.29) is 11.2 Å². The van der Waals surface area contributed by atoms with E-state index in [0.717, 1.165) is 24.3 Å². The summed E-state index contributed by atoms with van der Waals surface area (Å²) in [5.41, 5.74) is 1.33. The normalized spacial score (nSPS) is 27.6. The summed E-state index contributed by atoms with van der Waals surface area (Å²) in [4.78, 5) is 0. The van der Waals surface area contributed by atoms with E-state index in [1.165, 1.54) is 25.7 Å². The number of hydrogen-bond acceptors (Lipinski definition) is 0. The molecule has 1 heteroatoms. The third-order valence-electron chi connectivity index (χ3n) is 5.68. The molecule has 0 aromatic rings. The molecule has 124 valence electrons. The summed E-state index contributed by atoms with van der Waals surface area (Å²) in [5.74, 6) is 0.905. The van der Waals surface area contributed by atoms with Crippen molar-refractivity contribution in [2.24, 2.45) is 22.2 Å². The highest BCUT2D eigenvalue weighted by molar-refractivity contribution is 5.10. The van der Waals surface area contributed by atoms with Crippen LogP contribution in [0.2, 0.25) is 0 Å². The van der Waals surface area contributed by atoms with E-state index in [2.05, 4.69) is 41.5 Å². The first-order chi connectivity index (χ1) is 9.37. The van der Waals surface area contributed by atoms with Crippen LogP contribution in [-0.4, -0.2) is 0 Å². The third kappa shape index (κ3) is 5.11. The van der Waals surface area contributed by atoms with Crippen molar-refractivity contribution in [3.8, 4) is 0 Å². The van der Waals surface area contributed by atoms with E-state index in [9.17, 15) is 4.39 Å². The third-order valence-corrected chi connectivity index (χ3v) is 5.68. The minimum atomic E-state index is -0.309. The van der Waals surface area contributed by atoms with Gasteiger partial charge in [-0.25, -0.2) is 4.39 Å². The largest absolute Gasteiger partial charge is 0.211 e. The first-order valence-corrected chi connectivity index (χ1v) is 8.71. The van der Waals surface area contributed by atoms with Gasteiger partial charge in [-0.15, -0.1) is 0 Å². The zero-order valence-electron chi connectivity index (χ0n) is 15.7. The topological polar surface area (TPSA) is 0 Å². The minimum Gasteiger partial charge on any atom is -0.211 e. The van der Waals surface area contributed by atoms with Crippen LogP contribution in [0.5, 0.6) is 0 Å². The van der Waals surface area contributed by atoms with Crippen LogP contribution in [0.4, 0.5) is 4.39 Å². The molecule has 1 saturated carbocycles. The minimum absolute atomic E-state index is 0.0919. The zero-order chi connectivity index (χ0) is 16.5. The summed E-state index contributed by atoms with van der Waals surface area (Å²) in [7, 11) is 0. The van der Waals surface area contributed by atoms with Crippen molar-refractivity contribution < 1.29 is 4.39 Å². The van der Waals surface area contributed by atoms with Gasteiger partial charge in [0, 0.05) is 5.41 Å². The highest BCUT2D eigenvalue weighted by Crippen LogP contribution is 2.50. The molecule has 0 aromatic carbocycles. The van der Waals surface area contributed by atoms with Crippen molar-refractivity contribution in [3.05, 3.63) is 11.4 Å². The quantitative estimate of drug-likeness (QED) is 0.510. The predicted molar refractivity (Wildman–Crippen MR) is 92.0 cm³/mol. The molecule has 21 heavy (non-hydrogen) atoms. The van der Waals surface area contributed by atoms with Crippen molar-refractivity contribution in [3.63, 3.8) is 0 Å². The number of hydrogen-bond donors (Lipinski definition) is 0. The number of halogens is 1. The van der Waals surface area contributed by atoms with Crippen molar-refractivity contribution in [2.45, 2.75) is 93.9 Å². The van der Waals surface area contributed by atoms with Gasteiger partial charge in [0.25, 0.3) is 0 Å². The summed E-state index contributed by atoms with van der Waals surface area (Å²) in [6.45, 7) is 17.4. The van der Waals surface area contributed by atoms with Crippen LogP contribution < -0.4 is 0 Å². The van der Waals surface area contributed by atoms with Crippen LogP contribution in [0, 0.1) is 22.2 Å². The summed E-state index contributed by atoms with van der Waals surface area (Å²) in [5, 5.41) is 0. The van der Waals surface area contributed by atoms with Crippen LogP contribution >= 0.6 is 0 Å². The lowest BCUT2D eigenvalue weighted by Gasteiger charge is -2.44. The van der Waals surface area contributed by atoms with Crippen molar-refractivity contribution in [2.75, 3.05) is 0 Å². The summed E-state index contributed by atoms with van der Waals surface area (Å²) in [6, 6.07) is 0. The molecule has 0 aromatic heterocycles. The Morgan fingerprint density at radius 3 is 2.19 bits per heavy atom. The number of allylic oxidation sites excluding steroid dienone is 2.